The number of nitrogens with two attached hydrogens (primary N) is 3. The molecule has 4 atom stereocenters. The van der Waals surface area contributed by atoms with E-state index in [0.29, 0.717) is 11.1 Å². The van der Waals surface area contributed by atoms with Gasteiger partial charge in [0.25, 0.3) is 0 Å². The van der Waals surface area contributed by atoms with Crippen molar-refractivity contribution in [2.75, 3.05) is 12.3 Å². The highest BCUT2D eigenvalue weighted by molar-refractivity contribution is 7.80. The van der Waals surface area contributed by atoms with Crippen LogP contribution in [0.15, 0.2) is 53.5 Å². The number of carboxylic acid groups (broad SMARTS) is 1. The van der Waals surface area contributed by atoms with E-state index in [1.165, 1.54) is 36.4 Å². The number of aliphatic imine (C=N–C) groups is 1. The van der Waals surface area contributed by atoms with Gasteiger partial charge in [-0.15, -0.1) is 0 Å². The molecule has 0 aromatic heterocycles. The fourth-order valence-corrected chi connectivity index (χ4v) is 4.09. The number of amides is 3. The molecule has 0 fully saturated rings. The average molecular weight is 604 g/mol. The molecular weight excluding hydrogens is 566 g/mol. The number of carbonyl (C=O) groups is 4. The molecule has 2 rings (SSSR count). The largest absolute Gasteiger partial charge is 0.508 e. The number of carbonyl (C=O) groups excluding carboxylic acids is 3. The third kappa shape index (κ3) is 11.5. The number of guanidine groups is 1. The third-order valence-electron chi connectivity index (χ3n) is 6.11. The number of nitrogens with one attached hydrogen (secondary N) is 3. The van der Waals surface area contributed by atoms with Gasteiger partial charge in [-0.1, -0.05) is 24.3 Å². The Hall–Kier alpha value is -4.50. The second-order valence-corrected chi connectivity index (χ2v) is 9.87. The number of hydrogen-bond donors (Lipinski definition) is 10. The summed E-state index contributed by atoms with van der Waals surface area (Å²) in [6.07, 6.45) is 0.375. The normalized spacial score (nSPS) is 13.6. The monoisotopic (exact) mass is 603 g/mol. The van der Waals surface area contributed by atoms with Gasteiger partial charge in [0.2, 0.25) is 17.7 Å². The summed E-state index contributed by atoms with van der Waals surface area (Å²) in [6, 6.07) is 7.28. The van der Waals surface area contributed by atoms with Gasteiger partial charge >= 0.3 is 5.97 Å². The number of hydrogen-bond acceptors (Lipinski definition) is 9. The van der Waals surface area contributed by atoms with Crippen LogP contribution in [0.5, 0.6) is 11.5 Å². The first kappa shape index (κ1) is 33.7. The molecule has 0 aliphatic rings. The van der Waals surface area contributed by atoms with Crippen LogP contribution < -0.4 is 33.2 Å². The minimum atomic E-state index is -1.34. The summed E-state index contributed by atoms with van der Waals surface area (Å²) in [5.74, 6) is -3.64. The lowest BCUT2D eigenvalue weighted by Gasteiger charge is -2.24. The van der Waals surface area contributed by atoms with Crippen molar-refractivity contribution in [1.82, 2.24) is 16.0 Å². The van der Waals surface area contributed by atoms with E-state index in [1.807, 2.05) is 0 Å². The molecule has 0 saturated carbocycles. The quantitative estimate of drug-likeness (QED) is 0.0471. The van der Waals surface area contributed by atoms with Crippen molar-refractivity contribution in [3.05, 3.63) is 59.7 Å². The first-order valence-corrected chi connectivity index (χ1v) is 13.6. The van der Waals surface area contributed by atoms with Crippen molar-refractivity contribution in [2.24, 2.45) is 22.2 Å². The maximum Gasteiger partial charge on any atom is 0.326 e. The van der Waals surface area contributed by atoms with E-state index >= 15 is 0 Å². The van der Waals surface area contributed by atoms with Crippen molar-refractivity contribution >= 4 is 42.3 Å². The average Bonchev–Trinajstić information content (AvgIpc) is 2.94. The number of nitrogens with zero attached hydrogens (tertiary/aromatic N) is 1. The fraction of sp³-hybridized carbons (Fsp3) is 0.370. The van der Waals surface area contributed by atoms with Crippen molar-refractivity contribution in [3.8, 4) is 11.5 Å². The maximum absolute atomic E-state index is 13.2. The molecule has 0 saturated heterocycles. The Balaban J connectivity index is 2.10. The SMILES string of the molecule is NC(N)=NCCCC(NC(=O)C(CS)NC(=O)C(N)Cc1ccc(O)cc1)C(=O)NC(Cc1ccc(O)cc1)C(=O)O. The van der Waals surface area contributed by atoms with Gasteiger partial charge in [0.05, 0.1) is 6.04 Å². The van der Waals surface area contributed by atoms with Crippen molar-refractivity contribution in [1.29, 1.82) is 0 Å². The number of benzene rings is 2. The number of carboxylic acids is 1. The summed E-state index contributed by atoms with van der Waals surface area (Å²) in [7, 11) is 0. The van der Waals surface area contributed by atoms with E-state index in [-0.39, 0.29) is 55.4 Å². The fourth-order valence-electron chi connectivity index (χ4n) is 3.84. The molecule has 228 valence electrons. The molecular formula is C27H37N7O7S. The van der Waals surface area contributed by atoms with Gasteiger partial charge < -0.3 is 48.5 Å². The lowest BCUT2D eigenvalue weighted by Crippen LogP contribution is -2.58. The number of aromatic hydroxyl groups is 2. The van der Waals surface area contributed by atoms with E-state index in [4.69, 9.17) is 17.2 Å². The van der Waals surface area contributed by atoms with Crippen LogP contribution in [0.1, 0.15) is 24.0 Å². The van der Waals surface area contributed by atoms with Crippen LogP contribution in [-0.2, 0) is 32.0 Å². The van der Waals surface area contributed by atoms with E-state index < -0.39 is 47.9 Å². The predicted octanol–water partition coefficient (Wildman–Crippen LogP) is -1.27. The van der Waals surface area contributed by atoms with E-state index in [2.05, 4.69) is 33.6 Å². The van der Waals surface area contributed by atoms with Gasteiger partial charge in [0, 0.05) is 18.7 Å². The van der Waals surface area contributed by atoms with Crippen LogP contribution in [-0.4, -0.2) is 81.4 Å². The van der Waals surface area contributed by atoms with Crippen LogP contribution in [0, 0.1) is 0 Å². The minimum Gasteiger partial charge on any atom is -0.508 e. The first-order valence-electron chi connectivity index (χ1n) is 13.0. The first-order chi connectivity index (χ1) is 19.9. The van der Waals surface area contributed by atoms with Gasteiger partial charge in [-0.2, -0.15) is 12.6 Å². The third-order valence-corrected chi connectivity index (χ3v) is 6.48. The second kappa shape index (κ2) is 16.7. The van der Waals surface area contributed by atoms with Crippen molar-refractivity contribution < 1.29 is 34.5 Å². The molecule has 12 N–H and O–H groups in total. The van der Waals surface area contributed by atoms with Gasteiger partial charge in [0.15, 0.2) is 5.96 Å². The Morgan fingerprint density at radius 3 is 1.74 bits per heavy atom. The number of rotatable bonds is 16. The van der Waals surface area contributed by atoms with Crippen LogP contribution in [0.4, 0.5) is 0 Å². The van der Waals surface area contributed by atoms with Crippen LogP contribution in [0.25, 0.3) is 0 Å². The second-order valence-electron chi connectivity index (χ2n) is 9.50. The zero-order valence-electron chi connectivity index (χ0n) is 22.8. The topological polar surface area (TPSA) is 255 Å². The Morgan fingerprint density at radius 1 is 0.762 bits per heavy atom. The molecule has 2 aromatic rings. The smallest absolute Gasteiger partial charge is 0.326 e. The van der Waals surface area contributed by atoms with E-state index in [0.717, 1.165) is 0 Å². The lowest BCUT2D eigenvalue weighted by molar-refractivity contribution is -0.142. The molecule has 3 amide bonds. The predicted molar refractivity (Wildman–Crippen MR) is 159 cm³/mol. The molecule has 0 bridgehead atoms. The summed E-state index contributed by atoms with van der Waals surface area (Å²) in [5.41, 5.74) is 17.9. The van der Waals surface area contributed by atoms with E-state index in [9.17, 15) is 34.5 Å². The highest BCUT2D eigenvalue weighted by atomic mass is 32.1. The lowest BCUT2D eigenvalue weighted by atomic mass is 10.0. The highest BCUT2D eigenvalue weighted by Gasteiger charge is 2.30. The molecule has 0 radical (unpaired) electrons. The maximum atomic E-state index is 13.2. The molecule has 2 aromatic carbocycles. The minimum absolute atomic E-state index is 0.00496. The Labute approximate surface area is 248 Å². The van der Waals surface area contributed by atoms with E-state index in [1.54, 1.807) is 12.1 Å². The Morgan fingerprint density at radius 2 is 1.24 bits per heavy atom. The number of thiol groups is 1. The summed E-state index contributed by atoms with van der Waals surface area (Å²) < 4.78 is 0. The number of aliphatic carboxylic acids is 1. The van der Waals surface area contributed by atoms with Gasteiger partial charge in [-0.25, -0.2) is 4.79 Å². The molecule has 0 spiro atoms. The molecule has 15 heteroatoms. The molecule has 0 aliphatic heterocycles. The van der Waals surface area contributed by atoms with Gasteiger partial charge in [-0.3, -0.25) is 19.4 Å². The van der Waals surface area contributed by atoms with Crippen LogP contribution in [0.3, 0.4) is 0 Å². The van der Waals surface area contributed by atoms with Gasteiger partial charge in [0.1, 0.15) is 29.6 Å². The zero-order valence-corrected chi connectivity index (χ0v) is 23.7. The Bertz CT molecular complexity index is 1240. The van der Waals surface area contributed by atoms with Crippen LogP contribution >= 0.6 is 12.6 Å². The molecule has 4 unspecified atom stereocenters. The number of phenols is 2. The number of phenolic OH excluding ortho intramolecular Hbond substituents is 2. The molecule has 14 nitrogen and oxygen atoms in total. The van der Waals surface area contributed by atoms with Gasteiger partial charge in [-0.05, 0) is 54.7 Å². The molecule has 42 heavy (non-hydrogen) atoms. The van der Waals surface area contributed by atoms with Crippen LogP contribution in [0.2, 0.25) is 0 Å². The summed E-state index contributed by atoms with van der Waals surface area (Å²) in [6.45, 7) is 0.150. The zero-order chi connectivity index (χ0) is 31.2. The Kier molecular flexibility index (Phi) is 13.4. The standard InChI is InChI=1S/C27H37N7O7S/c28-19(12-15-3-7-17(35)8-4-15)23(37)34-22(14-42)25(39)32-20(2-1-11-31-27(29)30)24(38)33-21(26(40)41)13-16-5-9-18(36)10-6-16/h3-10,19-22,35-36,42H,1-2,11-14,28H2,(H,32,39)(H,33,38)(H,34,37)(H,40,41)(H4,29,30,31). The summed E-state index contributed by atoms with van der Waals surface area (Å²) >= 11 is 4.15. The van der Waals surface area contributed by atoms with Crippen molar-refractivity contribution in [3.63, 3.8) is 0 Å². The molecule has 0 heterocycles. The van der Waals surface area contributed by atoms with Crippen molar-refractivity contribution in [2.45, 2.75) is 49.9 Å². The summed E-state index contributed by atoms with van der Waals surface area (Å²) in [5, 5.41) is 36.1. The molecule has 0 aliphatic carbocycles. The highest BCUT2D eigenvalue weighted by Crippen LogP contribution is 2.13. The summed E-state index contributed by atoms with van der Waals surface area (Å²) in [4.78, 5) is 54.7.